The van der Waals surface area contributed by atoms with Crippen molar-refractivity contribution >= 4 is 17.2 Å². The summed E-state index contributed by atoms with van der Waals surface area (Å²) in [6, 6.07) is 9.68. The van der Waals surface area contributed by atoms with E-state index in [0.29, 0.717) is 11.4 Å². The number of ether oxygens (including phenoxy) is 1. The van der Waals surface area contributed by atoms with E-state index >= 15 is 0 Å². The van der Waals surface area contributed by atoms with Crippen molar-refractivity contribution in [2.24, 2.45) is 5.73 Å². The Morgan fingerprint density at radius 1 is 1.39 bits per heavy atom. The normalized spacial score (nSPS) is 10.1. The maximum atomic E-state index is 5.57. The number of hydrogen-bond acceptors (Lipinski definition) is 4. The second-order valence-corrected chi connectivity index (χ2v) is 4.13. The molecule has 0 amide bonds. The Hall–Kier alpha value is -2.01. The molecule has 0 bridgehead atoms. The molecule has 0 fully saturated rings. The van der Waals surface area contributed by atoms with Crippen LogP contribution in [0.2, 0.25) is 0 Å². The smallest absolute Gasteiger partial charge is 0.322 e. The lowest BCUT2D eigenvalue weighted by Gasteiger charge is -2.06. The van der Waals surface area contributed by atoms with Crippen molar-refractivity contribution in [3.05, 3.63) is 47.8 Å². The summed E-state index contributed by atoms with van der Waals surface area (Å²) >= 11 is 4.86. The summed E-state index contributed by atoms with van der Waals surface area (Å²) in [5.41, 5.74) is 7.20. The fraction of sp³-hybridized carbons (Fsp3) is 0.154. The molecule has 1 heterocycles. The maximum absolute atomic E-state index is 5.57. The molecule has 0 spiro atoms. The maximum Gasteiger partial charge on any atom is 0.322 e. The summed E-state index contributed by atoms with van der Waals surface area (Å²) in [5, 5.41) is 0. The molecular weight excluding hydrogens is 246 g/mol. The molecule has 2 aromatic rings. The molecule has 1 aromatic carbocycles. The molecule has 2 rings (SSSR count). The van der Waals surface area contributed by atoms with Crippen LogP contribution in [0, 0.1) is 0 Å². The van der Waals surface area contributed by atoms with Gasteiger partial charge in [-0.2, -0.15) is 4.98 Å². The zero-order chi connectivity index (χ0) is 13.0. The lowest BCUT2D eigenvalue weighted by Crippen LogP contribution is -2.12. The Balaban J connectivity index is 2.22. The summed E-state index contributed by atoms with van der Waals surface area (Å²) in [4.78, 5) is 8.37. The zero-order valence-corrected chi connectivity index (χ0v) is 10.8. The SMILES string of the molecule is CCc1cccc(Oc2nccc(C(N)=S)n2)c1. The van der Waals surface area contributed by atoms with Gasteiger partial charge in [-0.05, 0) is 30.2 Å². The van der Waals surface area contributed by atoms with Crippen LogP contribution in [0.4, 0.5) is 0 Å². The van der Waals surface area contributed by atoms with Gasteiger partial charge in [0.1, 0.15) is 16.4 Å². The standard InChI is InChI=1S/C13H13N3OS/c1-2-9-4-3-5-10(8-9)17-13-15-7-6-11(16-13)12(14)18/h3-8H,2H2,1H3,(H2,14,18). The molecule has 5 heteroatoms. The molecule has 4 nitrogen and oxygen atoms in total. The van der Waals surface area contributed by atoms with Crippen LogP contribution >= 0.6 is 12.2 Å². The highest BCUT2D eigenvalue weighted by Crippen LogP contribution is 2.19. The van der Waals surface area contributed by atoms with E-state index in [1.807, 2.05) is 24.3 Å². The third-order valence-electron chi connectivity index (χ3n) is 2.40. The monoisotopic (exact) mass is 259 g/mol. The Kier molecular flexibility index (Phi) is 3.84. The summed E-state index contributed by atoms with van der Waals surface area (Å²) in [5.74, 6) is 0.703. The first kappa shape index (κ1) is 12.4. The van der Waals surface area contributed by atoms with Crippen molar-refractivity contribution in [3.63, 3.8) is 0 Å². The number of benzene rings is 1. The number of rotatable bonds is 4. The highest BCUT2D eigenvalue weighted by Gasteiger charge is 2.04. The average molecular weight is 259 g/mol. The van der Waals surface area contributed by atoms with Crippen molar-refractivity contribution in [2.45, 2.75) is 13.3 Å². The van der Waals surface area contributed by atoms with E-state index in [0.717, 1.165) is 6.42 Å². The average Bonchev–Trinajstić information content (AvgIpc) is 2.39. The fourth-order valence-electron chi connectivity index (χ4n) is 1.46. The lowest BCUT2D eigenvalue weighted by molar-refractivity contribution is 0.441. The van der Waals surface area contributed by atoms with Crippen LogP contribution in [-0.2, 0) is 6.42 Å². The molecule has 1 aromatic heterocycles. The van der Waals surface area contributed by atoms with E-state index in [2.05, 4.69) is 16.9 Å². The van der Waals surface area contributed by atoms with Crippen LogP contribution in [0.15, 0.2) is 36.5 Å². The summed E-state index contributed by atoms with van der Waals surface area (Å²) in [6.45, 7) is 2.09. The number of aryl methyl sites for hydroxylation is 1. The van der Waals surface area contributed by atoms with E-state index in [1.165, 1.54) is 5.56 Å². The van der Waals surface area contributed by atoms with Crippen molar-refractivity contribution in [1.82, 2.24) is 9.97 Å². The molecular formula is C13H13N3OS. The first-order valence-corrected chi connectivity index (χ1v) is 5.99. The predicted octanol–water partition coefficient (Wildman–Crippen LogP) is 2.47. The zero-order valence-electron chi connectivity index (χ0n) is 9.96. The quantitative estimate of drug-likeness (QED) is 0.855. The summed E-state index contributed by atoms with van der Waals surface area (Å²) < 4.78 is 5.57. The number of thiocarbonyl (C=S) groups is 1. The second kappa shape index (κ2) is 5.55. The van der Waals surface area contributed by atoms with E-state index < -0.39 is 0 Å². The first-order valence-electron chi connectivity index (χ1n) is 5.58. The van der Waals surface area contributed by atoms with Crippen LogP contribution in [-0.4, -0.2) is 15.0 Å². The predicted molar refractivity (Wildman–Crippen MR) is 73.8 cm³/mol. The van der Waals surface area contributed by atoms with Crippen LogP contribution in [0.1, 0.15) is 18.2 Å². The molecule has 0 saturated carbocycles. The molecule has 0 saturated heterocycles. The van der Waals surface area contributed by atoms with E-state index in [9.17, 15) is 0 Å². The van der Waals surface area contributed by atoms with Crippen LogP contribution < -0.4 is 10.5 Å². The van der Waals surface area contributed by atoms with E-state index in [4.69, 9.17) is 22.7 Å². The first-order chi connectivity index (χ1) is 8.69. The minimum atomic E-state index is 0.226. The van der Waals surface area contributed by atoms with Crippen molar-refractivity contribution in [1.29, 1.82) is 0 Å². The van der Waals surface area contributed by atoms with Gasteiger partial charge in [-0.1, -0.05) is 31.3 Å². The summed E-state index contributed by atoms with van der Waals surface area (Å²) in [7, 11) is 0. The molecule has 0 radical (unpaired) electrons. The highest BCUT2D eigenvalue weighted by atomic mass is 32.1. The lowest BCUT2D eigenvalue weighted by atomic mass is 10.2. The van der Waals surface area contributed by atoms with Crippen molar-refractivity contribution in [2.75, 3.05) is 0 Å². The van der Waals surface area contributed by atoms with Gasteiger partial charge in [-0.3, -0.25) is 0 Å². The minimum Gasteiger partial charge on any atom is -0.424 e. The van der Waals surface area contributed by atoms with Gasteiger partial charge in [0.2, 0.25) is 0 Å². The highest BCUT2D eigenvalue weighted by molar-refractivity contribution is 7.80. The Bertz CT molecular complexity index is 572. The molecule has 0 unspecified atom stereocenters. The number of aromatic nitrogens is 2. The molecule has 0 aliphatic rings. The molecule has 0 aliphatic carbocycles. The van der Waals surface area contributed by atoms with Gasteiger partial charge < -0.3 is 10.5 Å². The second-order valence-electron chi connectivity index (χ2n) is 3.69. The number of nitrogens with two attached hydrogens (primary N) is 1. The largest absolute Gasteiger partial charge is 0.424 e. The Morgan fingerprint density at radius 2 is 2.22 bits per heavy atom. The van der Waals surface area contributed by atoms with Crippen LogP contribution in [0.5, 0.6) is 11.8 Å². The molecule has 2 N–H and O–H groups in total. The molecule has 0 atom stereocenters. The molecule has 92 valence electrons. The van der Waals surface area contributed by atoms with Gasteiger partial charge in [-0.15, -0.1) is 0 Å². The van der Waals surface area contributed by atoms with E-state index in [1.54, 1.807) is 12.3 Å². The van der Waals surface area contributed by atoms with Gasteiger partial charge in [-0.25, -0.2) is 4.98 Å². The molecule has 0 aliphatic heterocycles. The Morgan fingerprint density at radius 3 is 2.94 bits per heavy atom. The van der Waals surface area contributed by atoms with Crippen LogP contribution in [0.3, 0.4) is 0 Å². The van der Waals surface area contributed by atoms with Crippen LogP contribution in [0.25, 0.3) is 0 Å². The van der Waals surface area contributed by atoms with E-state index in [-0.39, 0.29) is 11.0 Å². The topological polar surface area (TPSA) is 61.0 Å². The third-order valence-corrected chi connectivity index (χ3v) is 2.61. The van der Waals surface area contributed by atoms with Gasteiger partial charge in [0.25, 0.3) is 0 Å². The number of nitrogens with zero attached hydrogens (tertiary/aromatic N) is 2. The van der Waals surface area contributed by atoms with Crippen molar-refractivity contribution < 1.29 is 4.74 Å². The fourth-order valence-corrected chi connectivity index (χ4v) is 1.58. The minimum absolute atomic E-state index is 0.226. The van der Waals surface area contributed by atoms with Gasteiger partial charge in [0.15, 0.2) is 0 Å². The molecule has 18 heavy (non-hydrogen) atoms. The van der Waals surface area contributed by atoms with Gasteiger partial charge in [0.05, 0.1) is 0 Å². The van der Waals surface area contributed by atoms with Crippen molar-refractivity contribution in [3.8, 4) is 11.8 Å². The van der Waals surface area contributed by atoms with Gasteiger partial charge in [0, 0.05) is 6.20 Å². The number of hydrogen-bond donors (Lipinski definition) is 1. The third kappa shape index (κ3) is 3.01. The Labute approximate surface area is 111 Å². The summed E-state index contributed by atoms with van der Waals surface area (Å²) in [6.07, 6.45) is 2.52. The van der Waals surface area contributed by atoms with Gasteiger partial charge >= 0.3 is 6.01 Å².